The van der Waals surface area contributed by atoms with Gasteiger partial charge in [-0.25, -0.2) is 0 Å². The van der Waals surface area contributed by atoms with Crippen molar-refractivity contribution in [3.8, 4) is 0 Å². The molecule has 0 aliphatic heterocycles. The summed E-state index contributed by atoms with van der Waals surface area (Å²) in [5.41, 5.74) is 4.57. The fourth-order valence-corrected chi connectivity index (χ4v) is 1.49. The number of aliphatic hydroxyl groups is 1. The summed E-state index contributed by atoms with van der Waals surface area (Å²) in [6, 6.07) is 0.0350. The van der Waals surface area contributed by atoms with Gasteiger partial charge >= 0.3 is 0 Å². The van der Waals surface area contributed by atoms with Crippen molar-refractivity contribution in [3.05, 3.63) is 0 Å². The van der Waals surface area contributed by atoms with E-state index in [2.05, 4.69) is 5.32 Å². The molecule has 4 nitrogen and oxygen atoms in total. The van der Waals surface area contributed by atoms with E-state index in [1.165, 1.54) is 0 Å². The molecule has 1 aliphatic carbocycles. The van der Waals surface area contributed by atoms with Crippen LogP contribution in [0.1, 0.15) is 34.1 Å². The third-order valence-corrected chi connectivity index (χ3v) is 3.11. The van der Waals surface area contributed by atoms with E-state index in [4.69, 9.17) is 5.73 Å². The zero-order valence-electron chi connectivity index (χ0n) is 9.29. The van der Waals surface area contributed by atoms with Crippen LogP contribution in [-0.4, -0.2) is 28.7 Å². The SMILES string of the molecule is CC(C)(N)C(=O)NC1CC(O)C1(C)C. The van der Waals surface area contributed by atoms with Crippen molar-refractivity contribution in [2.45, 2.75) is 51.8 Å². The summed E-state index contributed by atoms with van der Waals surface area (Å²) in [4.78, 5) is 11.5. The van der Waals surface area contributed by atoms with Gasteiger partial charge in [0.15, 0.2) is 0 Å². The first-order valence-corrected chi connectivity index (χ1v) is 4.93. The lowest BCUT2D eigenvalue weighted by atomic mass is 9.64. The fourth-order valence-electron chi connectivity index (χ4n) is 1.49. The molecule has 1 fully saturated rings. The molecule has 1 aliphatic rings. The van der Waals surface area contributed by atoms with E-state index in [-0.39, 0.29) is 23.5 Å². The highest BCUT2D eigenvalue weighted by Crippen LogP contribution is 2.40. The molecule has 4 heteroatoms. The number of carbonyl (C=O) groups excluding carboxylic acids is 1. The normalized spacial score (nSPS) is 30.7. The Bertz CT molecular complexity index is 243. The van der Waals surface area contributed by atoms with Crippen molar-refractivity contribution in [1.82, 2.24) is 5.32 Å². The van der Waals surface area contributed by atoms with Gasteiger partial charge in [-0.15, -0.1) is 0 Å². The first kappa shape index (κ1) is 11.5. The maximum atomic E-state index is 11.5. The van der Waals surface area contributed by atoms with Gasteiger partial charge in [-0.3, -0.25) is 4.79 Å². The monoisotopic (exact) mass is 200 g/mol. The average molecular weight is 200 g/mol. The number of nitrogens with two attached hydrogens (primary N) is 1. The van der Waals surface area contributed by atoms with E-state index in [1.54, 1.807) is 13.8 Å². The summed E-state index contributed by atoms with van der Waals surface area (Å²) in [6.07, 6.45) is 0.295. The molecule has 0 bridgehead atoms. The molecular formula is C10H20N2O2. The van der Waals surface area contributed by atoms with Crippen molar-refractivity contribution in [1.29, 1.82) is 0 Å². The first-order valence-electron chi connectivity index (χ1n) is 4.93. The first-order chi connectivity index (χ1) is 6.15. The summed E-state index contributed by atoms with van der Waals surface area (Å²) >= 11 is 0. The summed E-state index contributed by atoms with van der Waals surface area (Å²) in [5.74, 6) is -0.164. The van der Waals surface area contributed by atoms with Crippen LogP contribution < -0.4 is 11.1 Å². The van der Waals surface area contributed by atoms with Crippen LogP contribution in [0, 0.1) is 5.41 Å². The Morgan fingerprint density at radius 1 is 1.57 bits per heavy atom. The van der Waals surface area contributed by atoms with Crippen LogP contribution >= 0.6 is 0 Å². The molecule has 0 saturated heterocycles. The van der Waals surface area contributed by atoms with E-state index in [0.717, 1.165) is 0 Å². The molecule has 4 N–H and O–H groups in total. The number of amides is 1. The van der Waals surface area contributed by atoms with Crippen LogP contribution in [0.4, 0.5) is 0 Å². The lowest BCUT2D eigenvalue weighted by Gasteiger charge is -2.49. The molecule has 82 valence electrons. The lowest BCUT2D eigenvalue weighted by Crippen LogP contribution is -2.64. The molecule has 1 saturated carbocycles. The molecule has 2 unspecified atom stereocenters. The van der Waals surface area contributed by atoms with Gasteiger partial charge in [0.2, 0.25) is 5.91 Å². The molecule has 0 spiro atoms. The zero-order valence-corrected chi connectivity index (χ0v) is 9.29. The minimum Gasteiger partial charge on any atom is -0.392 e. The topological polar surface area (TPSA) is 75.4 Å². The number of aliphatic hydroxyl groups excluding tert-OH is 1. The highest BCUT2D eigenvalue weighted by molar-refractivity contribution is 5.85. The second-order valence-electron chi connectivity index (χ2n) is 5.32. The third-order valence-electron chi connectivity index (χ3n) is 3.11. The maximum absolute atomic E-state index is 11.5. The standard InChI is InChI=1S/C10H20N2O2/c1-9(2)6(5-7(9)13)12-8(14)10(3,4)11/h6-7,13H,5,11H2,1-4H3,(H,12,14). The van der Waals surface area contributed by atoms with Crippen LogP contribution in [-0.2, 0) is 4.79 Å². The molecule has 1 amide bonds. The Balaban J connectivity index is 2.53. The van der Waals surface area contributed by atoms with E-state index < -0.39 is 5.54 Å². The van der Waals surface area contributed by atoms with Crippen LogP contribution in [0.3, 0.4) is 0 Å². The Kier molecular flexibility index (Phi) is 2.63. The second kappa shape index (κ2) is 3.21. The average Bonchev–Trinajstić information content (AvgIpc) is 2.02. The third kappa shape index (κ3) is 1.91. The van der Waals surface area contributed by atoms with Crippen molar-refractivity contribution < 1.29 is 9.90 Å². The van der Waals surface area contributed by atoms with Gasteiger partial charge in [0, 0.05) is 11.5 Å². The molecule has 0 heterocycles. The lowest BCUT2D eigenvalue weighted by molar-refractivity contribution is -0.133. The Morgan fingerprint density at radius 2 is 2.07 bits per heavy atom. The van der Waals surface area contributed by atoms with E-state index in [1.807, 2.05) is 13.8 Å². The minimum absolute atomic E-state index is 0.0350. The van der Waals surface area contributed by atoms with Crippen molar-refractivity contribution in [2.24, 2.45) is 11.1 Å². The molecule has 0 aromatic rings. The minimum atomic E-state index is -0.851. The van der Waals surface area contributed by atoms with E-state index in [9.17, 15) is 9.90 Å². The molecular weight excluding hydrogens is 180 g/mol. The number of nitrogens with one attached hydrogen (secondary N) is 1. The van der Waals surface area contributed by atoms with Crippen molar-refractivity contribution in [3.63, 3.8) is 0 Å². The number of carbonyl (C=O) groups is 1. The van der Waals surface area contributed by atoms with E-state index in [0.29, 0.717) is 6.42 Å². The molecule has 1 rings (SSSR count). The van der Waals surface area contributed by atoms with Gasteiger partial charge in [0.05, 0.1) is 11.6 Å². The summed E-state index contributed by atoms with van der Waals surface area (Å²) in [6.45, 7) is 7.22. The second-order valence-corrected chi connectivity index (χ2v) is 5.32. The highest BCUT2D eigenvalue weighted by Gasteiger charge is 2.48. The number of rotatable bonds is 2. The molecule has 14 heavy (non-hydrogen) atoms. The van der Waals surface area contributed by atoms with Crippen molar-refractivity contribution in [2.75, 3.05) is 0 Å². The van der Waals surface area contributed by atoms with Gasteiger partial charge in [0.25, 0.3) is 0 Å². The molecule has 0 aromatic heterocycles. The number of hydrogen-bond acceptors (Lipinski definition) is 3. The van der Waals surface area contributed by atoms with Gasteiger partial charge in [-0.1, -0.05) is 13.8 Å². The Hall–Kier alpha value is -0.610. The van der Waals surface area contributed by atoms with Crippen LogP contribution in [0.5, 0.6) is 0 Å². The van der Waals surface area contributed by atoms with Gasteiger partial charge in [-0.2, -0.15) is 0 Å². The fraction of sp³-hybridized carbons (Fsp3) is 0.900. The Morgan fingerprint density at radius 3 is 2.36 bits per heavy atom. The molecule has 0 aromatic carbocycles. The van der Waals surface area contributed by atoms with E-state index >= 15 is 0 Å². The Labute approximate surface area is 84.9 Å². The quantitative estimate of drug-likeness (QED) is 0.587. The number of hydrogen-bond donors (Lipinski definition) is 3. The van der Waals surface area contributed by atoms with Gasteiger partial charge in [0.1, 0.15) is 0 Å². The van der Waals surface area contributed by atoms with Crippen molar-refractivity contribution >= 4 is 5.91 Å². The van der Waals surface area contributed by atoms with Gasteiger partial charge < -0.3 is 16.2 Å². The molecule has 0 radical (unpaired) electrons. The summed E-state index contributed by atoms with van der Waals surface area (Å²) < 4.78 is 0. The predicted molar refractivity (Wildman–Crippen MR) is 54.6 cm³/mol. The maximum Gasteiger partial charge on any atom is 0.239 e. The largest absolute Gasteiger partial charge is 0.392 e. The van der Waals surface area contributed by atoms with Crippen LogP contribution in [0.15, 0.2) is 0 Å². The summed E-state index contributed by atoms with van der Waals surface area (Å²) in [7, 11) is 0. The van der Waals surface area contributed by atoms with Crippen LogP contribution in [0.25, 0.3) is 0 Å². The smallest absolute Gasteiger partial charge is 0.239 e. The van der Waals surface area contributed by atoms with Gasteiger partial charge in [-0.05, 0) is 20.3 Å². The zero-order chi connectivity index (χ0) is 11.1. The summed E-state index contributed by atoms with van der Waals surface area (Å²) in [5, 5.41) is 12.3. The molecule has 2 atom stereocenters. The highest BCUT2D eigenvalue weighted by atomic mass is 16.3. The van der Waals surface area contributed by atoms with Crippen LogP contribution in [0.2, 0.25) is 0 Å². The predicted octanol–water partition coefficient (Wildman–Crippen LogP) is -0.000700.